The maximum absolute atomic E-state index is 11.8. The molecule has 0 spiro atoms. The molecule has 0 aromatic heterocycles. The second-order valence-corrected chi connectivity index (χ2v) is 7.97. The molecule has 2 atom stereocenters. The average Bonchev–Trinajstić information content (AvgIpc) is 2.58. The van der Waals surface area contributed by atoms with E-state index in [1.807, 2.05) is 19.1 Å². The van der Waals surface area contributed by atoms with Gasteiger partial charge in [0.25, 0.3) is 5.91 Å². The molecular formula is C16H22N2O5S2. The van der Waals surface area contributed by atoms with Crippen LogP contribution in [0.2, 0.25) is 0 Å². The Morgan fingerprint density at radius 2 is 1.84 bits per heavy atom. The van der Waals surface area contributed by atoms with Gasteiger partial charge in [-0.1, -0.05) is 33.7 Å². The van der Waals surface area contributed by atoms with Gasteiger partial charge in [0.2, 0.25) is 5.91 Å². The molecule has 1 aromatic carbocycles. The highest BCUT2D eigenvalue weighted by Crippen LogP contribution is 2.37. The summed E-state index contributed by atoms with van der Waals surface area (Å²) in [5, 5.41) is 22.8. The van der Waals surface area contributed by atoms with Gasteiger partial charge < -0.3 is 20.8 Å². The lowest BCUT2D eigenvalue weighted by Gasteiger charge is -2.15. The first-order valence-corrected chi connectivity index (χ1v) is 10.0. The van der Waals surface area contributed by atoms with Crippen LogP contribution < -0.4 is 10.6 Å². The van der Waals surface area contributed by atoms with Gasteiger partial charge in [-0.3, -0.25) is 9.59 Å². The number of hydrogen-bond donors (Lipinski definition) is 4. The largest absolute Gasteiger partial charge is 0.480 e. The number of hydrogen-bond acceptors (Lipinski definition) is 6. The predicted molar refractivity (Wildman–Crippen MR) is 99.6 cm³/mol. The highest BCUT2D eigenvalue weighted by molar-refractivity contribution is 8.76. The van der Waals surface area contributed by atoms with Crippen molar-refractivity contribution in [2.45, 2.75) is 25.1 Å². The number of carboxylic acids is 1. The van der Waals surface area contributed by atoms with Crippen LogP contribution in [0.4, 0.5) is 0 Å². The molecule has 0 saturated heterocycles. The van der Waals surface area contributed by atoms with Crippen LogP contribution in [0.1, 0.15) is 35.0 Å². The number of carbonyl (C=O) groups is 3. The van der Waals surface area contributed by atoms with Crippen LogP contribution in [0.15, 0.2) is 24.3 Å². The normalized spacial score (nSPS) is 12.9. The first kappa shape index (κ1) is 21.3. The molecule has 0 aliphatic carbocycles. The van der Waals surface area contributed by atoms with Gasteiger partial charge >= 0.3 is 5.97 Å². The molecule has 1 unspecified atom stereocenters. The predicted octanol–water partition coefficient (Wildman–Crippen LogP) is 1.44. The third kappa shape index (κ3) is 7.80. The second kappa shape index (κ2) is 11.0. The fourth-order valence-electron chi connectivity index (χ4n) is 1.86. The maximum Gasteiger partial charge on any atom is 0.327 e. The summed E-state index contributed by atoms with van der Waals surface area (Å²) < 4.78 is 0. The van der Waals surface area contributed by atoms with E-state index in [0.717, 1.165) is 5.56 Å². The van der Waals surface area contributed by atoms with Crippen molar-refractivity contribution in [1.82, 2.24) is 10.6 Å². The Balaban J connectivity index is 2.51. The topological polar surface area (TPSA) is 116 Å². The van der Waals surface area contributed by atoms with E-state index in [1.165, 1.54) is 28.5 Å². The molecule has 0 saturated carbocycles. The van der Waals surface area contributed by atoms with Crippen molar-refractivity contribution in [2.24, 2.45) is 0 Å². The highest BCUT2D eigenvalue weighted by Gasteiger charge is 2.19. The van der Waals surface area contributed by atoms with Gasteiger partial charge in [-0.15, -0.1) is 0 Å². The molecule has 4 N–H and O–H groups in total. The number of carboxylic acid groups (broad SMARTS) is 1. The van der Waals surface area contributed by atoms with Crippen molar-refractivity contribution in [3.05, 3.63) is 35.4 Å². The first-order chi connectivity index (χ1) is 11.8. The van der Waals surface area contributed by atoms with Crippen LogP contribution in [-0.4, -0.2) is 52.9 Å². The number of aliphatic carboxylic acids is 1. The zero-order chi connectivity index (χ0) is 18.8. The smallest absolute Gasteiger partial charge is 0.327 e. The van der Waals surface area contributed by atoms with E-state index in [2.05, 4.69) is 10.6 Å². The van der Waals surface area contributed by atoms with Gasteiger partial charge in [-0.05, 0) is 24.6 Å². The van der Waals surface area contributed by atoms with Crippen LogP contribution in [0, 0.1) is 0 Å². The molecule has 7 nitrogen and oxygen atoms in total. The molecule has 0 aliphatic heterocycles. The fraction of sp³-hybridized carbons (Fsp3) is 0.438. The van der Waals surface area contributed by atoms with E-state index < -0.39 is 12.0 Å². The lowest BCUT2D eigenvalue weighted by Crippen LogP contribution is -2.41. The van der Waals surface area contributed by atoms with Crippen molar-refractivity contribution in [3.8, 4) is 0 Å². The molecule has 138 valence electrons. The molecular weight excluding hydrogens is 364 g/mol. The third-order valence-electron chi connectivity index (χ3n) is 3.16. The molecule has 2 amide bonds. The Hall–Kier alpha value is -1.71. The molecule has 25 heavy (non-hydrogen) atoms. The Morgan fingerprint density at radius 3 is 2.36 bits per heavy atom. The number of rotatable bonds is 10. The van der Waals surface area contributed by atoms with Crippen LogP contribution >= 0.6 is 21.6 Å². The summed E-state index contributed by atoms with van der Waals surface area (Å²) in [7, 11) is 2.87. The fourth-order valence-corrected chi connectivity index (χ4v) is 4.36. The van der Waals surface area contributed by atoms with Gasteiger partial charge in [0, 0.05) is 30.0 Å². The van der Waals surface area contributed by atoms with Gasteiger partial charge in [0.15, 0.2) is 0 Å². The molecule has 1 aromatic rings. The highest BCUT2D eigenvalue weighted by atomic mass is 33.1. The molecule has 0 heterocycles. The van der Waals surface area contributed by atoms with Gasteiger partial charge in [0.1, 0.15) is 6.04 Å². The molecule has 1 rings (SSSR count). The molecule has 9 heteroatoms. The standard InChI is InChI=1S/C16H22N2O5S2/c1-10(25-24-9-14(16(22)23)18-11(2)20)12-3-5-13(6-4-12)15(21)17-7-8-19/h3-6,10,14,19H,7-9H2,1-2H3,(H,17,21)(H,18,20)(H,22,23)/t10?,14-/m1/s1. The van der Waals surface area contributed by atoms with Crippen LogP contribution in [0.25, 0.3) is 0 Å². The summed E-state index contributed by atoms with van der Waals surface area (Å²) in [5.41, 5.74) is 1.52. The molecule has 0 fully saturated rings. The van der Waals surface area contributed by atoms with Gasteiger partial charge in [-0.25, -0.2) is 4.79 Å². The SMILES string of the molecule is CC(=O)N[C@H](CSSC(C)c1ccc(C(=O)NCCO)cc1)C(=O)O. The number of aliphatic hydroxyl groups excluding tert-OH is 1. The van der Waals surface area contributed by atoms with E-state index in [0.29, 0.717) is 5.56 Å². The molecule has 0 bridgehead atoms. The Morgan fingerprint density at radius 1 is 1.20 bits per heavy atom. The van der Waals surface area contributed by atoms with Crippen LogP contribution in [0.5, 0.6) is 0 Å². The van der Waals surface area contributed by atoms with Crippen LogP contribution in [0.3, 0.4) is 0 Å². The van der Waals surface area contributed by atoms with Crippen molar-refractivity contribution in [3.63, 3.8) is 0 Å². The number of aliphatic hydroxyl groups is 1. The second-order valence-electron chi connectivity index (χ2n) is 5.22. The summed E-state index contributed by atoms with van der Waals surface area (Å²) in [6.45, 7) is 3.37. The van der Waals surface area contributed by atoms with E-state index >= 15 is 0 Å². The van der Waals surface area contributed by atoms with E-state index in [9.17, 15) is 14.4 Å². The number of nitrogens with one attached hydrogen (secondary N) is 2. The van der Waals surface area contributed by atoms with Gasteiger partial charge in [-0.2, -0.15) is 0 Å². The summed E-state index contributed by atoms with van der Waals surface area (Å²) in [6.07, 6.45) is 0. The Bertz CT molecular complexity index is 595. The Kier molecular flexibility index (Phi) is 9.40. The number of benzene rings is 1. The van der Waals surface area contributed by atoms with E-state index in [4.69, 9.17) is 10.2 Å². The summed E-state index contributed by atoms with van der Waals surface area (Å²) in [4.78, 5) is 33.8. The van der Waals surface area contributed by atoms with Gasteiger partial charge in [0.05, 0.1) is 6.61 Å². The minimum absolute atomic E-state index is 0.0892. The lowest BCUT2D eigenvalue weighted by atomic mass is 10.1. The molecule has 0 radical (unpaired) electrons. The summed E-state index contributed by atoms with van der Waals surface area (Å²) in [6, 6.07) is 6.19. The van der Waals surface area contributed by atoms with E-state index in [1.54, 1.807) is 12.1 Å². The third-order valence-corrected chi connectivity index (χ3v) is 6.01. The quantitative estimate of drug-likeness (QED) is 0.450. The first-order valence-electron chi connectivity index (χ1n) is 7.62. The minimum Gasteiger partial charge on any atom is -0.480 e. The minimum atomic E-state index is -1.06. The zero-order valence-electron chi connectivity index (χ0n) is 14.0. The summed E-state index contributed by atoms with van der Waals surface area (Å²) in [5.74, 6) is -1.42. The maximum atomic E-state index is 11.8. The number of amides is 2. The summed E-state index contributed by atoms with van der Waals surface area (Å²) >= 11 is 0. The molecule has 0 aliphatic rings. The van der Waals surface area contributed by atoms with Crippen molar-refractivity contribution < 1.29 is 24.6 Å². The van der Waals surface area contributed by atoms with Crippen molar-refractivity contribution in [2.75, 3.05) is 18.9 Å². The van der Waals surface area contributed by atoms with E-state index in [-0.39, 0.29) is 36.0 Å². The average molecular weight is 386 g/mol. The zero-order valence-corrected chi connectivity index (χ0v) is 15.7. The Labute approximate surface area is 154 Å². The number of carbonyl (C=O) groups excluding carboxylic acids is 2. The van der Waals surface area contributed by atoms with Crippen molar-refractivity contribution >= 4 is 39.4 Å². The van der Waals surface area contributed by atoms with Crippen molar-refractivity contribution in [1.29, 1.82) is 0 Å². The monoisotopic (exact) mass is 386 g/mol. The lowest BCUT2D eigenvalue weighted by molar-refractivity contribution is -0.140. The van der Waals surface area contributed by atoms with Crippen LogP contribution in [-0.2, 0) is 9.59 Å².